The highest BCUT2D eigenvalue weighted by molar-refractivity contribution is 5.97. The summed E-state index contributed by atoms with van der Waals surface area (Å²) in [5.74, 6) is -3.21. The minimum absolute atomic E-state index is 0.178. The predicted molar refractivity (Wildman–Crippen MR) is 145 cm³/mol. The largest absolute Gasteiger partial charge is 0.490 e. The third kappa shape index (κ3) is 6.57. The number of alkyl halides is 3. The number of carbonyl (C=O) groups is 2. The fourth-order valence-electron chi connectivity index (χ4n) is 4.70. The second-order valence-electron chi connectivity index (χ2n) is 9.37. The summed E-state index contributed by atoms with van der Waals surface area (Å²) in [5.41, 5.74) is 3.70. The van der Waals surface area contributed by atoms with E-state index in [1.807, 2.05) is 31.4 Å². The number of carboxylic acids is 1. The normalized spacial score (nSPS) is 15.1. The minimum atomic E-state index is -5.08. The molecule has 0 aliphatic carbocycles. The van der Waals surface area contributed by atoms with E-state index in [1.165, 1.54) is 7.11 Å². The summed E-state index contributed by atoms with van der Waals surface area (Å²) in [4.78, 5) is 39.5. The number of hydrogen-bond donors (Lipinski definition) is 2. The van der Waals surface area contributed by atoms with Crippen LogP contribution >= 0.6 is 0 Å². The molecule has 1 aliphatic rings. The van der Waals surface area contributed by atoms with Gasteiger partial charge in [0, 0.05) is 48.9 Å². The predicted octanol–water partition coefficient (Wildman–Crippen LogP) is 3.84. The Morgan fingerprint density at radius 1 is 1.20 bits per heavy atom. The number of carboxylic acid groups (broad SMARTS) is 1. The van der Waals surface area contributed by atoms with Crippen LogP contribution in [0.1, 0.15) is 23.2 Å². The maximum absolute atomic E-state index is 13.8. The molecule has 1 aliphatic heterocycles. The van der Waals surface area contributed by atoms with E-state index >= 15 is 0 Å². The Balaban J connectivity index is 0.000000493. The van der Waals surface area contributed by atoms with Crippen molar-refractivity contribution < 1.29 is 37.3 Å². The number of nitrogens with zero attached hydrogens (tertiary/aromatic N) is 3. The monoisotopic (exact) mass is 574 g/mol. The topological polar surface area (TPSA) is 125 Å². The first kappa shape index (κ1) is 29.7. The maximum atomic E-state index is 13.8. The summed E-state index contributed by atoms with van der Waals surface area (Å²) >= 11 is 0. The summed E-state index contributed by atoms with van der Waals surface area (Å²) < 4.78 is 46.3. The van der Waals surface area contributed by atoms with Gasteiger partial charge < -0.3 is 29.0 Å². The number of hydrogen-bond acceptors (Lipinski definition) is 7. The van der Waals surface area contributed by atoms with Crippen LogP contribution in [0.25, 0.3) is 33.2 Å². The number of para-hydroxylation sites is 1. The number of methoxy groups -OCH3 is 1. The Bertz CT molecular complexity index is 1620. The molecule has 1 saturated heterocycles. The number of halogens is 3. The van der Waals surface area contributed by atoms with Crippen LogP contribution in [0, 0.1) is 0 Å². The molecule has 4 aromatic rings. The number of rotatable bonds is 7. The first-order valence-electron chi connectivity index (χ1n) is 12.8. The van der Waals surface area contributed by atoms with E-state index in [9.17, 15) is 22.8 Å². The van der Waals surface area contributed by atoms with Crippen LogP contribution < -0.4 is 10.9 Å². The van der Waals surface area contributed by atoms with Crippen molar-refractivity contribution in [3.05, 3.63) is 64.6 Å². The summed E-state index contributed by atoms with van der Waals surface area (Å²) in [6.45, 7) is 2.58. The van der Waals surface area contributed by atoms with Crippen molar-refractivity contribution in [2.75, 3.05) is 27.3 Å². The fraction of sp³-hybridized carbons (Fsp3) is 0.357. The Morgan fingerprint density at radius 3 is 2.56 bits per heavy atom. The van der Waals surface area contributed by atoms with Crippen molar-refractivity contribution in [1.29, 1.82) is 0 Å². The van der Waals surface area contributed by atoms with Crippen LogP contribution in [0.5, 0.6) is 0 Å². The van der Waals surface area contributed by atoms with Crippen LogP contribution in [-0.2, 0) is 27.4 Å². The first-order chi connectivity index (χ1) is 19.5. The molecule has 1 unspecified atom stereocenters. The Morgan fingerprint density at radius 2 is 1.93 bits per heavy atom. The Kier molecular flexibility index (Phi) is 9.08. The fourth-order valence-corrected chi connectivity index (χ4v) is 4.70. The molecule has 2 N–H and O–H groups in total. The standard InChI is InChI=1S/C26H28N4O4.C2HF3O2/c1-27-11-12-30-23-14-17(26(32)33-2)9-10-21(23)28-24(25(30)31)20-16-29(15-18-6-5-13-34-18)22-8-4-3-7-19(20)22;3-2(4,5)1(6)7/h3-4,7-10,14,16,18,27H,5-6,11-13,15H2,1-2H3;(H,6,7). The van der Waals surface area contributed by atoms with Crippen LogP contribution in [0.2, 0.25) is 0 Å². The Hall–Kier alpha value is -4.23. The van der Waals surface area contributed by atoms with Crippen molar-refractivity contribution in [3.8, 4) is 11.3 Å². The number of ether oxygens (including phenoxy) is 2. The van der Waals surface area contributed by atoms with Gasteiger partial charge in [-0.1, -0.05) is 18.2 Å². The molecule has 0 saturated carbocycles. The number of aliphatic carboxylic acids is 1. The SMILES string of the molecule is CNCCn1c(=O)c(-c2cn(CC3CCCO3)c3ccccc23)nc2ccc(C(=O)OC)cc21.O=C(O)C(F)(F)F. The molecule has 1 atom stereocenters. The molecule has 1 fully saturated rings. The van der Waals surface area contributed by atoms with Crippen LogP contribution in [-0.4, -0.2) is 70.8 Å². The first-order valence-corrected chi connectivity index (χ1v) is 12.8. The van der Waals surface area contributed by atoms with Crippen molar-refractivity contribution in [3.63, 3.8) is 0 Å². The lowest BCUT2D eigenvalue weighted by Crippen LogP contribution is -2.28. The number of benzene rings is 2. The van der Waals surface area contributed by atoms with Crippen molar-refractivity contribution in [2.24, 2.45) is 0 Å². The molecule has 0 bridgehead atoms. The molecule has 2 aromatic heterocycles. The molecular formula is C28H29F3N4O6. The molecule has 13 heteroatoms. The van der Waals surface area contributed by atoms with Gasteiger partial charge in [-0.05, 0) is 44.2 Å². The molecule has 10 nitrogen and oxygen atoms in total. The molecule has 3 heterocycles. The maximum Gasteiger partial charge on any atom is 0.490 e. The molecule has 218 valence electrons. The summed E-state index contributed by atoms with van der Waals surface area (Å²) in [6.07, 6.45) is -0.771. The van der Waals surface area contributed by atoms with Gasteiger partial charge in [0.05, 0.1) is 29.8 Å². The molecule has 0 spiro atoms. The summed E-state index contributed by atoms with van der Waals surface area (Å²) in [6, 6.07) is 13.2. The average molecular weight is 575 g/mol. The zero-order valence-electron chi connectivity index (χ0n) is 22.4. The molecule has 41 heavy (non-hydrogen) atoms. The van der Waals surface area contributed by atoms with E-state index < -0.39 is 18.1 Å². The molecule has 2 aromatic carbocycles. The second kappa shape index (κ2) is 12.5. The van der Waals surface area contributed by atoms with Gasteiger partial charge in [-0.15, -0.1) is 0 Å². The highest BCUT2D eigenvalue weighted by Crippen LogP contribution is 2.30. The zero-order chi connectivity index (χ0) is 29.7. The highest BCUT2D eigenvalue weighted by Gasteiger charge is 2.38. The summed E-state index contributed by atoms with van der Waals surface area (Å²) in [7, 11) is 3.18. The lowest BCUT2D eigenvalue weighted by atomic mass is 10.1. The number of aromatic nitrogens is 3. The van der Waals surface area contributed by atoms with Gasteiger partial charge in [0.25, 0.3) is 5.56 Å². The van der Waals surface area contributed by atoms with E-state index in [0.29, 0.717) is 35.4 Å². The van der Waals surface area contributed by atoms with E-state index in [0.717, 1.165) is 42.5 Å². The van der Waals surface area contributed by atoms with E-state index in [-0.39, 0.29) is 11.7 Å². The van der Waals surface area contributed by atoms with E-state index in [4.69, 9.17) is 24.4 Å². The highest BCUT2D eigenvalue weighted by atomic mass is 19.4. The van der Waals surface area contributed by atoms with Gasteiger partial charge in [0.2, 0.25) is 0 Å². The third-order valence-corrected chi connectivity index (χ3v) is 6.66. The van der Waals surface area contributed by atoms with Gasteiger partial charge in [-0.2, -0.15) is 13.2 Å². The van der Waals surface area contributed by atoms with Gasteiger partial charge >= 0.3 is 18.1 Å². The zero-order valence-corrected chi connectivity index (χ0v) is 22.4. The Labute approximate surface area is 232 Å². The lowest BCUT2D eigenvalue weighted by Gasteiger charge is -2.13. The molecule has 0 amide bonds. The van der Waals surface area contributed by atoms with Crippen LogP contribution in [0.4, 0.5) is 13.2 Å². The number of fused-ring (bicyclic) bond motifs is 2. The summed E-state index contributed by atoms with van der Waals surface area (Å²) in [5, 5.41) is 11.2. The van der Waals surface area contributed by atoms with E-state index in [2.05, 4.69) is 16.0 Å². The number of esters is 1. The van der Waals surface area contributed by atoms with Gasteiger partial charge in [-0.3, -0.25) is 4.79 Å². The second-order valence-corrected chi connectivity index (χ2v) is 9.37. The number of carbonyl (C=O) groups excluding carboxylic acids is 1. The van der Waals surface area contributed by atoms with Crippen LogP contribution in [0.15, 0.2) is 53.5 Å². The van der Waals surface area contributed by atoms with Crippen LogP contribution in [0.3, 0.4) is 0 Å². The number of nitrogens with one attached hydrogen (secondary N) is 1. The number of likely N-dealkylation sites (N-methyl/N-ethyl adjacent to an activating group) is 1. The third-order valence-electron chi connectivity index (χ3n) is 6.66. The molecule has 5 rings (SSSR count). The minimum Gasteiger partial charge on any atom is -0.475 e. The van der Waals surface area contributed by atoms with Crippen molar-refractivity contribution in [2.45, 2.75) is 38.2 Å². The van der Waals surface area contributed by atoms with Gasteiger partial charge in [-0.25, -0.2) is 14.6 Å². The molecule has 0 radical (unpaired) electrons. The van der Waals surface area contributed by atoms with Crippen molar-refractivity contribution >= 4 is 33.9 Å². The van der Waals surface area contributed by atoms with E-state index in [1.54, 1.807) is 22.8 Å². The quantitative estimate of drug-likeness (QED) is 0.319. The van der Waals surface area contributed by atoms with Crippen molar-refractivity contribution in [1.82, 2.24) is 19.4 Å². The average Bonchev–Trinajstić information content (AvgIpc) is 3.60. The molecular weight excluding hydrogens is 545 g/mol. The lowest BCUT2D eigenvalue weighted by molar-refractivity contribution is -0.192. The smallest absolute Gasteiger partial charge is 0.475 e. The van der Waals surface area contributed by atoms with Gasteiger partial charge in [0.15, 0.2) is 0 Å². The van der Waals surface area contributed by atoms with Gasteiger partial charge in [0.1, 0.15) is 5.69 Å².